The molecule has 0 unspecified atom stereocenters. The van der Waals surface area contributed by atoms with E-state index in [9.17, 15) is 4.79 Å². The topological polar surface area (TPSA) is 26.3 Å². The average Bonchev–Trinajstić information content (AvgIpc) is 2.48. The molecule has 0 bridgehead atoms. The van der Waals surface area contributed by atoms with E-state index in [-0.39, 0.29) is 18.0 Å². The molecule has 0 aliphatic carbocycles. The van der Waals surface area contributed by atoms with Crippen LogP contribution in [-0.4, -0.2) is 12.1 Å². The molecule has 2 aromatic rings. The van der Waals surface area contributed by atoms with Gasteiger partial charge in [-0.3, -0.25) is 4.79 Å². The summed E-state index contributed by atoms with van der Waals surface area (Å²) < 4.78 is 5.53. The first-order chi connectivity index (χ1) is 9.72. The molecule has 0 saturated heterocycles. The third kappa shape index (κ3) is 3.47. The van der Waals surface area contributed by atoms with Crippen molar-refractivity contribution >= 4 is 5.97 Å². The summed E-state index contributed by atoms with van der Waals surface area (Å²) in [6, 6.07) is 20.4. The Morgan fingerprint density at radius 2 is 1.40 bits per heavy atom. The molecule has 104 valence electrons. The molecular weight excluding hydrogens is 248 g/mol. The van der Waals surface area contributed by atoms with E-state index in [2.05, 4.69) is 24.3 Å². The Labute approximate surface area is 120 Å². The fraction of sp³-hybridized carbons (Fsp3) is 0.278. The van der Waals surface area contributed by atoms with Gasteiger partial charge in [0.05, 0.1) is 0 Å². The normalized spacial score (nSPS) is 12.2. The van der Waals surface area contributed by atoms with Gasteiger partial charge < -0.3 is 4.74 Å². The van der Waals surface area contributed by atoms with Crippen LogP contribution in [0.3, 0.4) is 0 Å². The van der Waals surface area contributed by atoms with Crippen molar-refractivity contribution < 1.29 is 9.53 Å². The molecule has 20 heavy (non-hydrogen) atoms. The Morgan fingerprint density at radius 3 is 1.75 bits per heavy atom. The number of benzene rings is 2. The summed E-state index contributed by atoms with van der Waals surface area (Å²) in [6.07, 6.45) is 0.644. The Balaban J connectivity index is 2.41. The van der Waals surface area contributed by atoms with Gasteiger partial charge in [0.1, 0.15) is 6.10 Å². The lowest BCUT2D eigenvalue weighted by Gasteiger charge is -2.26. The standard InChI is InChI=1S/C18H20O2/c1-3-17(20-14(2)19)18(15-10-6-4-7-11-15)16-12-8-5-9-13-16/h4-13,17-18H,3H2,1-2H3/t17-/m0/s1. The zero-order chi connectivity index (χ0) is 14.4. The lowest BCUT2D eigenvalue weighted by Crippen LogP contribution is -2.24. The summed E-state index contributed by atoms with van der Waals surface area (Å²) in [6.45, 7) is 3.52. The molecule has 1 atom stereocenters. The highest BCUT2D eigenvalue weighted by molar-refractivity contribution is 5.66. The van der Waals surface area contributed by atoms with Gasteiger partial charge in [-0.05, 0) is 17.5 Å². The van der Waals surface area contributed by atoms with Gasteiger partial charge in [-0.25, -0.2) is 0 Å². The molecule has 0 fully saturated rings. The molecular formula is C18H20O2. The zero-order valence-electron chi connectivity index (χ0n) is 12.0. The highest BCUT2D eigenvalue weighted by atomic mass is 16.5. The first-order valence-electron chi connectivity index (χ1n) is 6.99. The molecule has 0 aliphatic rings. The first kappa shape index (κ1) is 14.3. The maximum atomic E-state index is 11.4. The van der Waals surface area contributed by atoms with Crippen LogP contribution in [0.4, 0.5) is 0 Å². The number of ether oxygens (including phenoxy) is 1. The predicted molar refractivity (Wildman–Crippen MR) is 80.6 cm³/mol. The number of rotatable bonds is 5. The zero-order valence-corrected chi connectivity index (χ0v) is 12.0. The smallest absolute Gasteiger partial charge is 0.302 e. The Hall–Kier alpha value is -2.09. The maximum absolute atomic E-state index is 11.4. The summed E-state index contributed by atoms with van der Waals surface area (Å²) in [7, 11) is 0. The van der Waals surface area contributed by atoms with E-state index >= 15 is 0 Å². The van der Waals surface area contributed by atoms with Crippen molar-refractivity contribution in [2.24, 2.45) is 0 Å². The molecule has 2 heteroatoms. The number of esters is 1. The third-order valence-corrected chi connectivity index (χ3v) is 3.41. The number of hydrogen-bond donors (Lipinski definition) is 0. The fourth-order valence-electron chi connectivity index (χ4n) is 2.54. The number of carbonyl (C=O) groups excluding carboxylic acids is 1. The van der Waals surface area contributed by atoms with Crippen molar-refractivity contribution in [3.05, 3.63) is 71.8 Å². The Bertz CT molecular complexity index is 494. The number of hydrogen-bond acceptors (Lipinski definition) is 2. The summed E-state index contributed by atoms with van der Waals surface area (Å²) in [5, 5.41) is 0. The lowest BCUT2D eigenvalue weighted by atomic mass is 9.85. The average molecular weight is 268 g/mol. The van der Waals surface area contributed by atoms with E-state index in [1.165, 1.54) is 18.1 Å². The predicted octanol–water partition coefficient (Wildman–Crippen LogP) is 4.16. The van der Waals surface area contributed by atoms with Gasteiger partial charge in [-0.1, -0.05) is 67.6 Å². The molecule has 2 rings (SSSR count). The summed E-state index contributed by atoms with van der Waals surface area (Å²) in [5.74, 6) is -0.153. The van der Waals surface area contributed by atoms with E-state index < -0.39 is 0 Å². The second-order valence-corrected chi connectivity index (χ2v) is 4.86. The molecule has 2 aromatic carbocycles. The van der Waals surface area contributed by atoms with Crippen LogP contribution in [0.2, 0.25) is 0 Å². The molecule has 0 aliphatic heterocycles. The summed E-state index contributed by atoms with van der Waals surface area (Å²) in [4.78, 5) is 11.4. The highest BCUT2D eigenvalue weighted by Crippen LogP contribution is 2.31. The minimum Gasteiger partial charge on any atom is -0.462 e. The fourth-order valence-corrected chi connectivity index (χ4v) is 2.54. The minimum absolute atomic E-state index is 0.0753. The van der Waals surface area contributed by atoms with Crippen molar-refractivity contribution in [2.45, 2.75) is 32.3 Å². The highest BCUT2D eigenvalue weighted by Gasteiger charge is 2.25. The van der Waals surface area contributed by atoms with E-state index in [0.717, 1.165) is 6.42 Å². The molecule has 0 amide bonds. The molecule has 0 aromatic heterocycles. The second-order valence-electron chi connectivity index (χ2n) is 4.86. The largest absolute Gasteiger partial charge is 0.462 e. The van der Waals surface area contributed by atoms with E-state index in [1.807, 2.05) is 43.3 Å². The maximum Gasteiger partial charge on any atom is 0.302 e. The lowest BCUT2D eigenvalue weighted by molar-refractivity contribution is -0.147. The van der Waals surface area contributed by atoms with Crippen molar-refractivity contribution in [1.82, 2.24) is 0 Å². The monoisotopic (exact) mass is 268 g/mol. The van der Waals surface area contributed by atoms with Gasteiger partial charge in [-0.15, -0.1) is 0 Å². The molecule has 0 radical (unpaired) electrons. The van der Waals surface area contributed by atoms with Crippen molar-refractivity contribution in [3.8, 4) is 0 Å². The van der Waals surface area contributed by atoms with E-state index in [1.54, 1.807) is 0 Å². The van der Waals surface area contributed by atoms with Gasteiger partial charge >= 0.3 is 5.97 Å². The third-order valence-electron chi connectivity index (χ3n) is 3.41. The van der Waals surface area contributed by atoms with Crippen LogP contribution in [-0.2, 0) is 9.53 Å². The Kier molecular flexibility index (Phi) is 4.94. The van der Waals surface area contributed by atoms with E-state index in [0.29, 0.717) is 0 Å². The van der Waals surface area contributed by atoms with Crippen LogP contribution >= 0.6 is 0 Å². The van der Waals surface area contributed by atoms with Crippen molar-refractivity contribution in [2.75, 3.05) is 0 Å². The number of carbonyl (C=O) groups is 1. The van der Waals surface area contributed by atoms with Crippen LogP contribution in [0, 0.1) is 0 Å². The minimum atomic E-state index is -0.228. The quantitative estimate of drug-likeness (QED) is 0.761. The van der Waals surface area contributed by atoms with Crippen molar-refractivity contribution in [3.63, 3.8) is 0 Å². The molecule has 0 saturated carbocycles. The molecule has 0 heterocycles. The molecule has 0 N–H and O–H groups in total. The van der Waals surface area contributed by atoms with Crippen LogP contribution in [0.15, 0.2) is 60.7 Å². The molecule has 2 nitrogen and oxygen atoms in total. The molecule has 0 spiro atoms. The van der Waals surface area contributed by atoms with E-state index in [4.69, 9.17) is 4.74 Å². The van der Waals surface area contributed by atoms with Gasteiger partial charge in [-0.2, -0.15) is 0 Å². The van der Waals surface area contributed by atoms with Crippen LogP contribution in [0.5, 0.6) is 0 Å². The SMILES string of the molecule is CC[C@H](OC(C)=O)C(c1ccccc1)c1ccccc1. The van der Waals surface area contributed by atoms with Crippen LogP contribution in [0.25, 0.3) is 0 Å². The second kappa shape index (κ2) is 6.90. The summed E-state index contributed by atoms with van der Waals surface area (Å²) in [5.41, 5.74) is 2.35. The van der Waals surface area contributed by atoms with Crippen LogP contribution < -0.4 is 0 Å². The van der Waals surface area contributed by atoms with Gasteiger partial charge in [0.25, 0.3) is 0 Å². The Morgan fingerprint density at radius 1 is 0.950 bits per heavy atom. The van der Waals surface area contributed by atoms with Gasteiger partial charge in [0.2, 0.25) is 0 Å². The van der Waals surface area contributed by atoms with Gasteiger partial charge in [0.15, 0.2) is 0 Å². The van der Waals surface area contributed by atoms with Crippen molar-refractivity contribution in [1.29, 1.82) is 0 Å². The van der Waals surface area contributed by atoms with Gasteiger partial charge in [0, 0.05) is 12.8 Å². The van der Waals surface area contributed by atoms with Crippen LogP contribution in [0.1, 0.15) is 37.3 Å². The summed E-state index contributed by atoms with van der Waals surface area (Å²) >= 11 is 0. The first-order valence-corrected chi connectivity index (χ1v) is 6.99.